The van der Waals surface area contributed by atoms with Gasteiger partial charge in [0.15, 0.2) is 0 Å². The summed E-state index contributed by atoms with van der Waals surface area (Å²) in [6.45, 7) is 1.79. The molecule has 1 aliphatic rings. The van der Waals surface area contributed by atoms with Crippen LogP contribution in [-0.4, -0.2) is 37.0 Å². The second-order valence-electron chi connectivity index (χ2n) is 2.91. The lowest BCUT2D eigenvalue weighted by Gasteiger charge is -2.38. The molecule has 1 fully saturated rings. The molecule has 1 aliphatic heterocycles. The number of primary amides is 1. The smallest absolute Gasteiger partial charge is 0.234 e. The van der Waals surface area contributed by atoms with E-state index in [0.29, 0.717) is 0 Å². The van der Waals surface area contributed by atoms with Gasteiger partial charge in [0.1, 0.15) is 0 Å². The Bertz CT molecular complexity index is 142. The average molecular weight is 143 g/mol. The molecule has 0 aromatic heterocycles. The summed E-state index contributed by atoms with van der Waals surface area (Å²) in [6.07, 6.45) is 0. The van der Waals surface area contributed by atoms with Crippen molar-refractivity contribution >= 4 is 5.91 Å². The third-order valence-corrected chi connectivity index (χ3v) is 1.93. The van der Waals surface area contributed by atoms with Crippen LogP contribution in [-0.2, 0) is 4.79 Å². The molecule has 0 radical (unpaired) electrons. The van der Waals surface area contributed by atoms with E-state index in [1.54, 1.807) is 0 Å². The van der Waals surface area contributed by atoms with Crippen LogP contribution in [0.3, 0.4) is 0 Å². The highest BCUT2D eigenvalue weighted by Crippen LogP contribution is 2.14. The predicted molar refractivity (Wildman–Crippen MR) is 38.2 cm³/mol. The van der Waals surface area contributed by atoms with Crippen molar-refractivity contribution in [2.45, 2.75) is 6.04 Å². The zero-order valence-corrected chi connectivity index (χ0v) is 6.08. The number of carbonyl (C=O) groups is 1. The molecular weight excluding hydrogens is 130 g/mol. The molecular formula is C6H13N3O. The van der Waals surface area contributed by atoms with Crippen molar-refractivity contribution in [3.8, 4) is 0 Å². The number of rotatable bonds is 2. The van der Waals surface area contributed by atoms with Gasteiger partial charge in [-0.25, -0.2) is 0 Å². The minimum absolute atomic E-state index is 0.280. The predicted octanol–water partition coefficient (Wildman–Crippen LogP) is -1.64. The summed E-state index contributed by atoms with van der Waals surface area (Å²) in [5.41, 5.74) is 10.5. The Hall–Kier alpha value is -0.610. The number of likely N-dealkylation sites (tertiary alicyclic amines) is 1. The SMILES string of the molecule is CN1CC(C(N)C(N)=O)C1. The van der Waals surface area contributed by atoms with Gasteiger partial charge in [-0.3, -0.25) is 4.79 Å². The van der Waals surface area contributed by atoms with E-state index >= 15 is 0 Å². The Morgan fingerprint density at radius 2 is 2.20 bits per heavy atom. The summed E-state index contributed by atoms with van der Waals surface area (Å²) in [6, 6.07) is -0.448. The molecule has 0 aromatic rings. The van der Waals surface area contributed by atoms with Crippen molar-refractivity contribution in [2.75, 3.05) is 20.1 Å². The molecule has 0 bridgehead atoms. The zero-order chi connectivity index (χ0) is 7.72. The Balaban J connectivity index is 2.31. The third kappa shape index (κ3) is 1.27. The largest absolute Gasteiger partial charge is 0.368 e. The number of amides is 1. The van der Waals surface area contributed by atoms with Gasteiger partial charge >= 0.3 is 0 Å². The first-order valence-corrected chi connectivity index (χ1v) is 3.34. The van der Waals surface area contributed by atoms with E-state index in [9.17, 15) is 4.79 Å². The van der Waals surface area contributed by atoms with Crippen LogP contribution in [0.4, 0.5) is 0 Å². The van der Waals surface area contributed by atoms with E-state index in [1.807, 2.05) is 7.05 Å². The van der Waals surface area contributed by atoms with E-state index in [4.69, 9.17) is 11.5 Å². The van der Waals surface area contributed by atoms with Gasteiger partial charge in [0, 0.05) is 19.0 Å². The highest BCUT2D eigenvalue weighted by atomic mass is 16.1. The molecule has 0 aliphatic carbocycles. The normalized spacial score (nSPS) is 23.8. The van der Waals surface area contributed by atoms with E-state index in [0.717, 1.165) is 13.1 Å². The monoisotopic (exact) mass is 143 g/mol. The van der Waals surface area contributed by atoms with Gasteiger partial charge in [-0.1, -0.05) is 0 Å². The molecule has 58 valence electrons. The molecule has 1 amide bonds. The van der Waals surface area contributed by atoms with Crippen molar-refractivity contribution in [1.29, 1.82) is 0 Å². The molecule has 4 heteroatoms. The lowest BCUT2D eigenvalue weighted by molar-refractivity contribution is -0.121. The molecule has 1 unspecified atom stereocenters. The van der Waals surface area contributed by atoms with Crippen LogP contribution < -0.4 is 11.5 Å². The number of nitrogens with zero attached hydrogens (tertiary/aromatic N) is 1. The fourth-order valence-corrected chi connectivity index (χ4v) is 1.21. The maximum Gasteiger partial charge on any atom is 0.234 e. The fraction of sp³-hybridized carbons (Fsp3) is 0.833. The van der Waals surface area contributed by atoms with Crippen molar-refractivity contribution in [1.82, 2.24) is 4.90 Å². The van der Waals surface area contributed by atoms with Crippen LogP contribution in [0.15, 0.2) is 0 Å². The molecule has 1 saturated heterocycles. The lowest BCUT2D eigenvalue weighted by Crippen LogP contribution is -2.56. The maximum atomic E-state index is 10.5. The van der Waals surface area contributed by atoms with Crippen molar-refractivity contribution in [3.63, 3.8) is 0 Å². The Labute approximate surface area is 60.2 Å². The van der Waals surface area contributed by atoms with Crippen LogP contribution in [0.25, 0.3) is 0 Å². The summed E-state index contributed by atoms with van der Waals surface area (Å²) in [5.74, 6) is -0.111. The highest BCUT2D eigenvalue weighted by molar-refractivity contribution is 5.80. The highest BCUT2D eigenvalue weighted by Gasteiger charge is 2.31. The second kappa shape index (κ2) is 2.56. The van der Waals surface area contributed by atoms with Crippen molar-refractivity contribution in [2.24, 2.45) is 17.4 Å². The van der Waals surface area contributed by atoms with E-state index in [2.05, 4.69) is 4.90 Å². The van der Waals surface area contributed by atoms with Gasteiger partial charge in [-0.05, 0) is 7.05 Å². The quantitative estimate of drug-likeness (QED) is 0.487. The maximum absolute atomic E-state index is 10.5. The van der Waals surface area contributed by atoms with Gasteiger partial charge < -0.3 is 16.4 Å². The van der Waals surface area contributed by atoms with Crippen LogP contribution in [0.5, 0.6) is 0 Å². The van der Waals surface area contributed by atoms with Gasteiger partial charge in [-0.2, -0.15) is 0 Å². The number of carbonyl (C=O) groups excluding carboxylic acids is 1. The minimum atomic E-state index is -0.448. The summed E-state index contributed by atoms with van der Waals surface area (Å²) < 4.78 is 0. The van der Waals surface area contributed by atoms with E-state index in [1.165, 1.54) is 0 Å². The second-order valence-corrected chi connectivity index (χ2v) is 2.91. The van der Waals surface area contributed by atoms with Crippen molar-refractivity contribution < 1.29 is 4.79 Å². The van der Waals surface area contributed by atoms with Gasteiger partial charge in [0.2, 0.25) is 5.91 Å². The van der Waals surface area contributed by atoms with Gasteiger partial charge in [0.25, 0.3) is 0 Å². The average Bonchev–Trinajstić information content (AvgIpc) is 1.79. The minimum Gasteiger partial charge on any atom is -0.368 e. The van der Waals surface area contributed by atoms with Gasteiger partial charge in [-0.15, -0.1) is 0 Å². The topological polar surface area (TPSA) is 72.3 Å². The Morgan fingerprint density at radius 1 is 1.70 bits per heavy atom. The van der Waals surface area contributed by atoms with Gasteiger partial charge in [0.05, 0.1) is 6.04 Å². The summed E-state index contributed by atoms with van der Waals surface area (Å²) in [4.78, 5) is 12.6. The Morgan fingerprint density at radius 3 is 2.50 bits per heavy atom. The first-order chi connectivity index (χ1) is 4.61. The van der Waals surface area contributed by atoms with E-state index in [-0.39, 0.29) is 5.92 Å². The molecule has 4 nitrogen and oxygen atoms in total. The lowest BCUT2D eigenvalue weighted by atomic mass is 9.92. The first-order valence-electron chi connectivity index (χ1n) is 3.34. The fourth-order valence-electron chi connectivity index (χ4n) is 1.21. The molecule has 0 saturated carbocycles. The number of hydrogen-bond donors (Lipinski definition) is 2. The van der Waals surface area contributed by atoms with Crippen LogP contribution in [0.2, 0.25) is 0 Å². The molecule has 0 aromatic carbocycles. The first kappa shape index (κ1) is 7.50. The zero-order valence-electron chi connectivity index (χ0n) is 6.08. The molecule has 1 heterocycles. The number of hydrogen-bond acceptors (Lipinski definition) is 3. The Kier molecular flexibility index (Phi) is 1.92. The molecule has 0 spiro atoms. The molecule has 4 N–H and O–H groups in total. The molecule has 1 rings (SSSR count). The van der Waals surface area contributed by atoms with Crippen LogP contribution in [0, 0.1) is 5.92 Å². The van der Waals surface area contributed by atoms with Crippen LogP contribution in [0.1, 0.15) is 0 Å². The molecule has 10 heavy (non-hydrogen) atoms. The third-order valence-electron chi connectivity index (χ3n) is 1.93. The van der Waals surface area contributed by atoms with E-state index < -0.39 is 11.9 Å². The summed E-state index contributed by atoms with van der Waals surface area (Å²) in [7, 11) is 1.99. The van der Waals surface area contributed by atoms with Crippen LogP contribution >= 0.6 is 0 Å². The standard InChI is InChI=1S/C6H13N3O/c1-9-2-4(3-9)5(7)6(8)10/h4-5H,2-3,7H2,1H3,(H2,8,10). The number of nitrogens with two attached hydrogens (primary N) is 2. The summed E-state index contributed by atoms with van der Waals surface area (Å²) in [5, 5.41) is 0. The van der Waals surface area contributed by atoms with Crippen molar-refractivity contribution in [3.05, 3.63) is 0 Å². The molecule has 1 atom stereocenters. The summed E-state index contributed by atoms with van der Waals surface area (Å²) >= 11 is 0.